The normalized spacial score (nSPS) is 11.8. The predicted octanol–water partition coefficient (Wildman–Crippen LogP) is -0.196. The first kappa shape index (κ1) is 7.87. The maximum absolute atomic E-state index is 9.78. The minimum atomic E-state index is -4.06. The van der Waals surface area contributed by atoms with Gasteiger partial charge in [-0.15, -0.1) is 0 Å². The summed E-state index contributed by atoms with van der Waals surface area (Å²) in [6.07, 6.45) is 0.625. The quantitative estimate of drug-likeness (QED) is 0.549. The zero-order chi connectivity index (χ0) is 6.62. The number of hydrogen-bond donors (Lipinski definition) is 1. The minimum absolute atomic E-state index is 0.166. The highest BCUT2D eigenvalue weighted by molar-refractivity contribution is 7.83. The van der Waals surface area contributed by atoms with Crippen LogP contribution in [0.2, 0.25) is 0 Å². The molecular formula is C3H8NO3S. The molecule has 0 saturated heterocycles. The third-order valence-corrected chi connectivity index (χ3v) is 0.987. The average Bonchev–Trinajstić information content (AvgIpc) is 1.59. The van der Waals surface area contributed by atoms with Gasteiger partial charge in [-0.2, -0.15) is 8.42 Å². The van der Waals surface area contributed by atoms with Crippen molar-refractivity contribution in [1.82, 2.24) is 4.72 Å². The van der Waals surface area contributed by atoms with Crippen LogP contribution in [0.3, 0.4) is 0 Å². The lowest BCUT2D eigenvalue weighted by Crippen LogP contribution is -2.14. The first-order valence-electron chi connectivity index (χ1n) is 2.22. The largest absolute Gasteiger partial charge is 0.350 e. The van der Waals surface area contributed by atoms with E-state index >= 15 is 0 Å². The Bertz CT molecular complexity index is 139. The molecule has 0 aliphatic heterocycles. The molecule has 0 aliphatic rings. The van der Waals surface area contributed by atoms with Crippen LogP contribution in [0, 0.1) is 0 Å². The molecule has 0 atom stereocenters. The van der Waals surface area contributed by atoms with Crippen molar-refractivity contribution in [3.05, 3.63) is 0 Å². The minimum Gasteiger partial charge on any atom is -0.272 e. The van der Waals surface area contributed by atoms with Crippen molar-refractivity contribution in [2.24, 2.45) is 0 Å². The molecule has 0 amide bonds. The molecule has 4 nitrogen and oxygen atoms in total. The summed E-state index contributed by atoms with van der Waals surface area (Å²) in [6.45, 7) is 1.94. The number of nitrogens with zero attached hydrogens (tertiary/aromatic N) is 1. The van der Waals surface area contributed by atoms with Crippen molar-refractivity contribution in [1.29, 1.82) is 0 Å². The summed E-state index contributed by atoms with van der Waals surface area (Å²) in [5.74, 6) is 0. The van der Waals surface area contributed by atoms with E-state index in [9.17, 15) is 8.42 Å². The van der Waals surface area contributed by atoms with Crippen LogP contribution in [0.25, 0.3) is 0 Å². The first-order valence-corrected chi connectivity index (χ1v) is 3.62. The highest BCUT2D eigenvalue weighted by atomic mass is 32.2. The molecule has 1 N–H and O–H groups in total. The van der Waals surface area contributed by atoms with Gasteiger partial charge in [0.05, 0.1) is 0 Å². The van der Waals surface area contributed by atoms with Gasteiger partial charge in [-0.3, -0.25) is 4.55 Å². The van der Waals surface area contributed by atoms with Gasteiger partial charge in [-0.1, -0.05) is 11.6 Å². The van der Waals surface area contributed by atoms with Gasteiger partial charge in [0.1, 0.15) is 0 Å². The fraction of sp³-hybridized carbons (Fsp3) is 1.00. The Morgan fingerprint density at radius 3 is 2.25 bits per heavy atom. The molecule has 1 radical (unpaired) electrons. The van der Waals surface area contributed by atoms with Crippen molar-refractivity contribution in [3.63, 3.8) is 0 Å². The number of hydrogen-bond acceptors (Lipinski definition) is 2. The van der Waals surface area contributed by atoms with Gasteiger partial charge in [-0.25, -0.2) is 0 Å². The predicted molar refractivity (Wildman–Crippen MR) is 28.8 cm³/mol. The summed E-state index contributed by atoms with van der Waals surface area (Å²) < 4.78 is 30.4. The van der Waals surface area contributed by atoms with E-state index in [1.54, 1.807) is 6.92 Å². The third-order valence-electron chi connectivity index (χ3n) is 0.478. The van der Waals surface area contributed by atoms with E-state index in [1.807, 2.05) is 0 Å². The molecule has 0 aromatic carbocycles. The van der Waals surface area contributed by atoms with Gasteiger partial charge in [0.15, 0.2) is 0 Å². The van der Waals surface area contributed by atoms with Gasteiger partial charge in [0.2, 0.25) is 0 Å². The van der Waals surface area contributed by atoms with Crippen LogP contribution in [0.4, 0.5) is 0 Å². The molecule has 0 saturated carbocycles. The summed E-state index contributed by atoms with van der Waals surface area (Å²) in [6, 6.07) is 0. The molecule has 0 aromatic heterocycles. The molecule has 0 aromatic rings. The van der Waals surface area contributed by atoms with E-state index in [2.05, 4.69) is 4.72 Å². The van der Waals surface area contributed by atoms with Crippen LogP contribution < -0.4 is 4.72 Å². The van der Waals surface area contributed by atoms with Gasteiger partial charge < -0.3 is 0 Å². The standard InChI is InChI=1S/C3H8NO3S/c1-2-3-4-8(5,6)7/h2-3H2,1H3,(H,5,6,7). The Kier molecular flexibility index (Phi) is 2.96. The Morgan fingerprint density at radius 1 is 1.62 bits per heavy atom. The second kappa shape index (κ2) is 3.01. The molecule has 0 bridgehead atoms. The van der Waals surface area contributed by atoms with E-state index in [0.717, 1.165) is 0 Å². The summed E-state index contributed by atoms with van der Waals surface area (Å²) in [5, 5.41) is 0. The van der Waals surface area contributed by atoms with Crippen molar-refractivity contribution < 1.29 is 13.0 Å². The van der Waals surface area contributed by atoms with Crippen molar-refractivity contribution in [3.8, 4) is 0 Å². The van der Waals surface area contributed by atoms with Gasteiger partial charge >= 0.3 is 10.3 Å². The SMILES string of the molecule is CCC[N]S(=O)(=O)O. The van der Waals surface area contributed by atoms with E-state index in [-0.39, 0.29) is 6.54 Å². The Morgan fingerprint density at radius 2 is 2.12 bits per heavy atom. The van der Waals surface area contributed by atoms with Crippen molar-refractivity contribution in [2.75, 3.05) is 6.54 Å². The second-order valence-corrected chi connectivity index (χ2v) is 2.45. The molecular weight excluding hydrogens is 130 g/mol. The van der Waals surface area contributed by atoms with Crippen molar-refractivity contribution in [2.45, 2.75) is 13.3 Å². The maximum atomic E-state index is 9.78. The molecule has 0 spiro atoms. The molecule has 5 heteroatoms. The number of rotatable bonds is 3. The third kappa shape index (κ3) is 5.87. The van der Waals surface area contributed by atoms with Gasteiger partial charge in [0.25, 0.3) is 0 Å². The van der Waals surface area contributed by atoms with Gasteiger partial charge in [0, 0.05) is 6.54 Å². The van der Waals surface area contributed by atoms with Crippen LogP contribution in [0.1, 0.15) is 13.3 Å². The molecule has 0 fully saturated rings. The average molecular weight is 138 g/mol. The Balaban J connectivity index is 3.42. The van der Waals surface area contributed by atoms with Crippen LogP contribution in [0.5, 0.6) is 0 Å². The van der Waals surface area contributed by atoms with Crippen LogP contribution in [-0.4, -0.2) is 19.5 Å². The van der Waals surface area contributed by atoms with Crippen LogP contribution in [0.15, 0.2) is 0 Å². The molecule has 0 aliphatic carbocycles. The lowest BCUT2D eigenvalue weighted by molar-refractivity contribution is 0.466. The van der Waals surface area contributed by atoms with Crippen molar-refractivity contribution >= 4 is 10.3 Å². The zero-order valence-electron chi connectivity index (χ0n) is 4.53. The van der Waals surface area contributed by atoms with E-state index in [1.165, 1.54) is 0 Å². The Hall–Kier alpha value is -0.130. The van der Waals surface area contributed by atoms with E-state index in [0.29, 0.717) is 6.42 Å². The fourth-order valence-electron chi connectivity index (χ4n) is 0.207. The molecule has 8 heavy (non-hydrogen) atoms. The van der Waals surface area contributed by atoms with Gasteiger partial charge in [-0.05, 0) is 6.42 Å². The molecule has 0 rings (SSSR count). The maximum Gasteiger partial charge on any atom is 0.350 e. The Labute approximate surface area is 48.8 Å². The lowest BCUT2D eigenvalue weighted by Gasteiger charge is -1.90. The summed E-state index contributed by atoms with van der Waals surface area (Å²) in [5.41, 5.74) is 0. The summed E-state index contributed by atoms with van der Waals surface area (Å²) in [7, 11) is -4.06. The first-order chi connectivity index (χ1) is 3.56. The molecule has 49 valence electrons. The van der Waals surface area contributed by atoms with Crippen LogP contribution in [-0.2, 0) is 10.3 Å². The highest BCUT2D eigenvalue weighted by Gasteiger charge is 2.00. The summed E-state index contributed by atoms with van der Waals surface area (Å²) in [4.78, 5) is 0. The monoisotopic (exact) mass is 138 g/mol. The topological polar surface area (TPSA) is 68.5 Å². The zero-order valence-corrected chi connectivity index (χ0v) is 5.35. The smallest absolute Gasteiger partial charge is 0.272 e. The molecule has 0 heterocycles. The second-order valence-electron chi connectivity index (χ2n) is 1.30. The lowest BCUT2D eigenvalue weighted by atomic mass is 10.5. The van der Waals surface area contributed by atoms with E-state index < -0.39 is 10.3 Å². The fourth-order valence-corrected chi connectivity index (χ4v) is 0.620. The summed E-state index contributed by atoms with van der Waals surface area (Å²) >= 11 is 0. The van der Waals surface area contributed by atoms with E-state index in [4.69, 9.17) is 4.55 Å². The highest BCUT2D eigenvalue weighted by Crippen LogP contribution is 1.77. The van der Waals surface area contributed by atoms with Crippen LogP contribution >= 0.6 is 0 Å². The molecule has 0 unspecified atom stereocenters.